The van der Waals surface area contributed by atoms with Gasteiger partial charge >= 0.3 is 0 Å². The molecule has 0 saturated carbocycles. The Bertz CT molecular complexity index is 1020. The van der Waals surface area contributed by atoms with Crippen LogP contribution in [0.1, 0.15) is 18.1 Å². The Morgan fingerprint density at radius 1 is 1.13 bits per heavy atom. The number of para-hydroxylation sites is 1. The lowest BCUT2D eigenvalue weighted by Gasteiger charge is -2.13. The third-order valence-corrected chi connectivity index (χ3v) is 5.29. The van der Waals surface area contributed by atoms with Crippen LogP contribution >= 0.6 is 11.8 Å². The van der Waals surface area contributed by atoms with Crippen molar-refractivity contribution in [2.45, 2.75) is 13.8 Å². The number of rotatable bonds is 7. The molecule has 2 aromatic rings. The summed E-state index contributed by atoms with van der Waals surface area (Å²) in [6.07, 6.45) is 1.63. The first-order valence-corrected chi connectivity index (χ1v) is 10.2. The van der Waals surface area contributed by atoms with Gasteiger partial charge in [0.2, 0.25) is 0 Å². The number of aryl methyl sites for hydroxylation is 1. The smallest absolute Gasteiger partial charge is 0.293 e. The van der Waals surface area contributed by atoms with Crippen molar-refractivity contribution in [3.8, 4) is 11.5 Å². The van der Waals surface area contributed by atoms with Gasteiger partial charge in [0.1, 0.15) is 0 Å². The number of hydrogen-bond donors (Lipinski definition) is 1. The SMILES string of the molecule is CCOc1cc(/C=C2\SC(=O)N(C)C2=O)ccc1OCC(=O)Nc1ccccc1C. The van der Waals surface area contributed by atoms with E-state index in [1.807, 2.05) is 38.1 Å². The van der Waals surface area contributed by atoms with Crippen LogP contribution in [-0.4, -0.2) is 42.2 Å². The monoisotopic (exact) mass is 426 g/mol. The molecule has 1 saturated heterocycles. The van der Waals surface area contributed by atoms with E-state index < -0.39 is 0 Å². The van der Waals surface area contributed by atoms with E-state index in [4.69, 9.17) is 9.47 Å². The number of benzene rings is 2. The van der Waals surface area contributed by atoms with Gasteiger partial charge < -0.3 is 14.8 Å². The van der Waals surface area contributed by atoms with Crippen molar-refractivity contribution in [3.63, 3.8) is 0 Å². The number of thioether (sulfide) groups is 1. The highest BCUT2D eigenvalue weighted by atomic mass is 32.2. The second kappa shape index (κ2) is 9.49. The molecule has 0 bridgehead atoms. The van der Waals surface area contributed by atoms with Gasteiger partial charge in [-0.05, 0) is 61.0 Å². The molecule has 2 aromatic carbocycles. The molecule has 0 aromatic heterocycles. The van der Waals surface area contributed by atoms with Crippen LogP contribution in [0, 0.1) is 6.92 Å². The lowest BCUT2D eigenvalue weighted by molar-refractivity contribution is -0.121. The highest BCUT2D eigenvalue weighted by Gasteiger charge is 2.31. The minimum absolute atomic E-state index is 0.178. The first-order valence-electron chi connectivity index (χ1n) is 9.35. The van der Waals surface area contributed by atoms with Crippen molar-refractivity contribution in [1.82, 2.24) is 4.90 Å². The zero-order chi connectivity index (χ0) is 21.7. The molecule has 1 heterocycles. The van der Waals surface area contributed by atoms with Crippen molar-refractivity contribution < 1.29 is 23.9 Å². The summed E-state index contributed by atoms with van der Waals surface area (Å²) in [5.74, 6) is 0.242. The van der Waals surface area contributed by atoms with Crippen molar-refractivity contribution in [3.05, 3.63) is 58.5 Å². The Morgan fingerprint density at radius 2 is 1.90 bits per heavy atom. The maximum Gasteiger partial charge on any atom is 0.293 e. The lowest BCUT2D eigenvalue weighted by Crippen LogP contribution is -2.22. The third kappa shape index (κ3) is 5.01. The van der Waals surface area contributed by atoms with Crippen LogP contribution in [0.15, 0.2) is 47.4 Å². The number of nitrogens with zero attached hydrogens (tertiary/aromatic N) is 1. The molecular weight excluding hydrogens is 404 g/mol. The number of nitrogens with one attached hydrogen (secondary N) is 1. The van der Waals surface area contributed by atoms with Gasteiger partial charge in [0.25, 0.3) is 17.1 Å². The van der Waals surface area contributed by atoms with Crippen molar-refractivity contribution >= 4 is 40.6 Å². The second-order valence-electron chi connectivity index (χ2n) is 6.53. The van der Waals surface area contributed by atoms with Crippen LogP contribution in [-0.2, 0) is 9.59 Å². The van der Waals surface area contributed by atoms with Gasteiger partial charge in [-0.3, -0.25) is 19.3 Å². The Hall–Kier alpha value is -3.26. The Labute approximate surface area is 179 Å². The quantitative estimate of drug-likeness (QED) is 0.672. The summed E-state index contributed by atoms with van der Waals surface area (Å²) < 4.78 is 11.3. The summed E-state index contributed by atoms with van der Waals surface area (Å²) in [7, 11) is 1.45. The van der Waals surface area contributed by atoms with E-state index in [1.54, 1.807) is 24.3 Å². The molecule has 0 radical (unpaired) electrons. The van der Waals surface area contributed by atoms with Crippen molar-refractivity contribution in [1.29, 1.82) is 0 Å². The highest BCUT2D eigenvalue weighted by molar-refractivity contribution is 8.18. The lowest BCUT2D eigenvalue weighted by atomic mass is 10.2. The predicted octanol–water partition coefficient (Wildman–Crippen LogP) is 4.08. The molecule has 1 aliphatic heterocycles. The van der Waals surface area contributed by atoms with Gasteiger partial charge in [-0.15, -0.1) is 0 Å². The zero-order valence-electron chi connectivity index (χ0n) is 16.9. The molecule has 0 atom stereocenters. The Morgan fingerprint density at radius 3 is 2.57 bits per heavy atom. The van der Waals surface area contributed by atoms with E-state index in [0.29, 0.717) is 28.6 Å². The average Bonchev–Trinajstić information content (AvgIpc) is 2.96. The van der Waals surface area contributed by atoms with Crippen LogP contribution < -0.4 is 14.8 Å². The van der Waals surface area contributed by atoms with Crippen LogP contribution in [0.4, 0.5) is 10.5 Å². The second-order valence-corrected chi connectivity index (χ2v) is 7.52. The summed E-state index contributed by atoms with van der Waals surface area (Å²) in [6.45, 7) is 3.97. The molecule has 1 fully saturated rings. The van der Waals surface area contributed by atoms with Gasteiger partial charge in [-0.1, -0.05) is 24.3 Å². The van der Waals surface area contributed by atoms with Crippen LogP contribution in [0.5, 0.6) is 11.5 Å². The number of likely N-dealkylation sites (N-methyl/N-ethyl adjacent to an activating group) is 1. The standard InChI is InChI=1S/C22H22N2O5S/c1-4-28-18-11-15(12-19-21(26)24(3)22(27)30-19)9-10-17(18)29-13-20(25)23-16-8-6-5-7-14(16)2/h5-12H,4,13H2,1-3H3,(H,23,25)/b19-12-. The number of carbonyl (C=O) groups is 3. The molecule has 7 nitrogen and oxygen atoms in total. The summed E-state index contributed by atoms with van der Waals surface area (Å²) in [5, 5.41) is 2.50. The topological polar surface area (TPSA) is 84.9 Å². The van der Waals surface area contributed by atoms with Gasteiger partial charge in [0.15, 0.2) is 18.1 Å². The molecule has 1 aliphatic rings. The minimum atomic E-state index is -0.337. The van der Waals surface area contributed by atoms with E-state index in [2.05, 4.69) is 5.32 Å². The molecule has 3 amide bonds. The molecule has 3 rings (SSSR count). The van der Waals surface area contributed by atoms with Gasteiger partial charge in [-0.2, -0.15) is 0 Å². The normalized spacial score (nSPS) is 14.9. The fraction of sp³-hybridized carbons (Fsp3) is 0.227. The fourth-order valence-corrected chi connectivity index (χ4v) is 3.57. The van der Waals surface area contributed by atoms with Crippen molar-refractivity contribution in [2.75, 3.05) is 25.6 Å². The van der Waals surface area contributed by atoms with Gasteiger partial charge in [0.05, 0.1) is 11.5 Å². The van der Waals surface area contributed by atoms with Crippen LogP contribution in [0.3, 0.4) is 0 Å². The number of imide groups is 1. The summed E-state index contributed by atoms with van der Waals surface area (Å²) >= 11 is 0.890. The molecular formula is C22H22N2O5S. The molecule has 0 spiro atoms. The Balaban J connectivity index is 1.71. The van der Waals surface area contributed by atoms with E-state index in [9.17, 15) is 14.4 Å². The van der Waals surface area contributed by atoms with E-state index in [1.165, 1.54) is 7.05 Å². The number of hydrogen-bond acceptors (Lipinski definition) is 6. The number of amides is 3. The third-order valence-electron chi connectivity index (χ3n) is 4.33. The summed E-state index contributed by atoms with van der Waals surface area (Å²) in [5.41, 5.74) is 2.38. The number of ether oxygens (including phenoxy) is 2. The number of carbonyl (C=O) groups excluding carboxylic acids is 3. The molecule has 0 aliphatic carbocycles. The summed E-state index contributed by atoms with van der Waals surface area (Å²) in [6, 6.07) is 12.6. The van der Waals surface area contributed by atoms with Crippen LogP contribution in [0.25, 0.3) is 6.08 Å². The first kappa shape index (κ1) is 21.4. The predicted molar refractivity (Wildman–Crippen MR) is 117 cm³/mol. The summed E-state index contributed by atoms with van der Waals surface area (Å²) in [4.78, 5) is 37.4. The maximum absolute atomic E-state index is 12.2. The van der Waals surface area contributed by atoms with Crippen LogP contribution in [0.2, 0.25) is 0 Å². The minimum Gasteiger partial charge on any atom is -0.490 e. The van der Waals surface area contributed by atoms with Crippen molar-refractivity contribution in [2.24, 2.45) is 0 Å². The molecule has 8 heteroatoms. The molecule has 156 valence electrons. The van der Waals surface area contributed by atoms with E-state index in [-0.39, 0.29) is 23.7 Å². The maximum atomic E-state index is 12.2. The van der Waals surface area contributed by atoms with Gasteiger partial charge in [-0.25, -0.2) is 0 Å². The first-order chi connectivity index (χ1) is 14.4. The number of anilines is 1. The van der Waals surface area contributed by atoms with Gasteiger partial charge in [0, 0.05) is 12.7 Å². The highest BCUT2D eigenvalue weighted by Crippen LogP contribution is 2.34. The Kier molecular flexibility index (Phi) is 6.79. The zero-order valence-corrected chi connectivity index (χ0v) is 17.7. The van der Waals surface area contributed by atoms with E-state index in [0.717, 1.165) is 27.9 Å². The fourth-order valence-electron chi connectivity index (χ4n) is 2.74. The largest absolute Gasteiger partial charge is 0.490 e. The average molecular weight is 426 g/mol. The van der Waals surface area contributed by atoms with E-state index >= 15 is 0 Å². The molecule has 30 heavy (non-hydrogen) atoms. The molecule has 0 unspecified atom stereocenters. The molecule has 1 N–H and O–H groups in total.